The number of benzene rings is 1. The molecule has 134 valence electrons. The molecule has 0 aromatic heterocycles. The molecule has 0 bridgehead atoms. The number of likely N-dealkylation sites (tertiary alicyclic amines) is 1. The highest BCUT2D eigenvalue weighted by molar-refractivity contribution is 6.02. The van der Waals surface area contributed by atoms with Gasteiger partial charge in [0, 0.05) is 31.1 Å². The zero-order valence-corrected chi connectivity index (χ0v) is 14.8. The Morgan fingerprint density at radius 2 is 1.92 bits per heavy atom. The van der Waals surface area contributed by atoms with Crippen LogP contribution in [0.25, 0.3) is 0 Å². The molecule has 0 radical (unpaired) electrons. The van der Waals surface area contributed by atoms with Gasteiger partial charge in [-0.1, -0.05) is 26.0 Å². The number of rotatable bonds is 1. The molecular formula is C19H25N3O3. The number of carbonyl (C=O) groups excluding carboxylic acids is 2. The van der Waals surface area contributed by atoms with Crippen molar-refractivity contribution in [2.45, 2.75) is 44.4 Å². The Morgan fingerprint density at radius 1 is 1.20 bits per heavy atom. The van der Waals surface area contributed by atoms with Crippen molar-refractivity contribution in [1.29, 1.82) is 0 Å². The summed E-state index contributed by atoms with van der Waals surface area (Å²) in [6, 6.07) is 7.56. The first-order chi connectivity index (χ1) is 11.9. The number of fused-ring (bicyclic) bond motifs is 1. The van der Waals surface area contributed by atoms with E-state index in [0.29, 0.717) is 12.2 Å². The van der Waals surface area contributed by atoms with Gasteiger partial charge in [0.2, 0.25) is 5.91 Å². The van der Waals surface area contributed by atoms with Crippen LogP contribution >= 0.6 is 0 Å². The standard InChI is InChI=1S/C19H25N3O3/c1-13(2)17(24)22-9-7-18(8-10-22)11-19(12-25-18)20-15-6-4-3-5-14(15)16(23)21-19/h3-6,13,20H,7-12H2,1-2H3,(H,21,23). The Labute approximate surface area is 147 Å². The van der Waals surface area contributed by atoms with E-state index in [1.165, 1.54) is 0 Å². The fraction of sp³-hybridized carbons (Fsp3) is 0.579. The normalized spacial score (nSPS) is 27.3. The largest absolute Gasteiger partial charge is 0.370 e. The van der Waals surface area contributed by atoms with Gasteiger partial charge in [0.25, 0.3) is 5.91 Å². The van der Waals surface area contributed by atoms with Crippen LogP contribution in [-0.4, -0.2) is 47.7 Å². The number of ether oxygens (including phenoxy) is 1. The minimum Gasteiger partial charge on any atom is -0.370 e. The molecule has 2 spiro atoms. The molecule has 6 heteroatoms. The lowest BCUT2D eigenvalue weighted by Gasteiger charge is -2.41. The minimum atomic E-state index is -0.546. The maximum atomic E-state index is 12.5. The number of nitrogens with zero attached hydrogens (tertiary/aromatic N) is 1. The highest BCUT2D eigenvalue weighted by atomic mass is 16.5. The molecule has 3 aliphatic heterocycles. The lowest BCUT2D eigenvalue weighted by molar-refractivity contribution is -0.139. The third-order valence-electron chi connectivity index (χ3n) is 5.63. The second-order valence-electron chi connectivity index (χ2n) is 7.84. The first kappa shape index (κ1) is 16.4. The summed E-state index contributed by atoms with van der Waals surface area (Å²) in [4.78, 5) is 26.6. The molecule has 6 nitrogen and oxygen atoms in total. The number of para-hydroxylation sites is 1. The van der Waals surface area contributed by atoms with E-state index in [2.05, 4.69) is 10.6 Å². The van der Waals surface area contributed by atoms with Gasteiger partial charge < -0.3 is 20.3 Å². The van der Waals surface area contributed by atoms with Crippen molar-refractivity contribution >= 4 is 17.5 Å². The first-order valence-corrected chi connectivity index (χ1v) is 9.05. The van der Waals surface area contributed by atoms with Crippen molar-refractivity contribution in [3.05, 3.63) is 29.8 Å². The monoisotopic (exact) mass is 343 g/mol. The predicted molar refractivity (Wildman–Crippen MR) is 94.2 cm³/mol. The van der Waals surface area contributed by atoms with E-state index in [4.69, 9.17) is 4.74 Å². The second kappa shape index (κ2) is 5.73. The van der Waals surface area contributed by atoms with Gasteiger partial charge in [0.05, 0.1) is 17.8 Å². The molecule has 1 unspecified atom stereocenters. The van der Waals surface area contributed by atoms with Crippen LogP contribution in [0.1, 0.15) is 43.5 Å². The molecule has 1 atom stereocenters. The van der Waals surface area contributed by atoms with Gasteiger partial charge >= 0.3 is 0 Å². The zero-order valence-electron chi connectivity index (χ0n) is 14.8. The molecule has 0 saturated carbocycles. The molecule has 3 heterocycles. The van der Waals surface area contributed by atoms with Crippen molar-refractivity contribution in [2.24, 2.45) is 5.92 Å². The van der Waals surface area contributed by atoms with Gasteiger partial charge in [0.1, 0.15) is 5.66 Å². The molecule has 2 fully saturated rings. The van der Waals surface area contributed by atoms with Crippen molar-refractivity contribution in [1.82, 2.24) is 10.2 Å². The molecule has 0 aliphatic carbocycles. The number of carbonyl (C=O) groups is 2. The van der Waals surface area contributed by atoms with Crippen molar-refractivity contribution in [3.8, 4) is 0 Å². The lowest BCUT2D eigenvalue weighted by atomic mass is 9.84. The van der Waals surface area contributed by atoms with Gasteiger partial charge in [-0.05, 0) is 25.0 Å². The van der Waals surface area contributed by atoms with Crippen LogP contribution in [0.5, 0.6) is 0 Å². The van der Waals surface area contributed by atoms with Gasteiger partial charge in [-0.15, -0.1) is 0 Å². The third kappa shape index (κ3) is 2.78. The molecule has 1 aromatic rings. The maximum absolute atomic E-state index is 12.5. The number of nitrogens with one attached hydrogen (secondary N) is 2. The molecule has 3 aliphatic rings. The molecule has 2 amide bonds. The Morgan fingerprint density at radius 3 is 2.64 bits per heavy atom. The summed E-state index contributed by atoms with van der Waals surface area (Å²) in [5, 5.41) is 6.61. The van der Waals surface area contributed by atoms with E-state index in [9.17, 15) is 9.59 Å². The van der Waals surface area contributed by atoms with Crippen LogP contribution < -0.4 is 10.6 Å². The number of anilines is 1. The summed E-state index contributed by atoms with van der Waals surface area (Å²) < 4.78 is 6.21. The maximum Gasteiger partial charge on any atom is 0.255 e. The van der Waals surface area contributed by atoms with E-state index in [1.54, 1.807) is 0 Å². The molecule has 25 heavy (non-hydrogen) atoms. The average molecular weight is 343 g/mol. The summed E-state index contributed by atoms with van der Waals surface area (Å²) in [5.74, 6) is 0.184. The summed E-state index contributed by atoms with van der Waals surface area (Å²) in [5.41, 5.74) is 0.724. The zero-order chi connectivity index (χ0) is 17.7. The summed E-state index contributed by atoms with van der Waals surface area (Å²) in [6.07, 6.45) is 2.35. The van der Waals surface area contributed by atoms with Gasteiger partial charge in [-0.25, -0.2) is 0 Å². The highest BCUT2D eigenvalue weighted by Gasteiger charge is 2.53. The first-order valence-electron chi connectivity index (χ1n) is 9.05. The summed E-state index contributed by atoms with van der Waals surface area (Å²) in [7, 11) is 0. The number of piperidine rings is 1. The van der Waals surface area contributed by atoms with Gasteiger partial charge in [-0.2, -0.15) is 0 Å². The van der Waals surface area contributed by atoms with Gasteiger partial charge in [0.15, 0.2) is 0 Å². The van der Waals surface area contributed by atoms with Crippen LogP contribution in [0.4, 0.5) is 5.69 Å². The van der Waals surface area contributed by atoms with Crippen molar-refractivity contribution in [2.75, 3.05) is 25.0 Å². The van der Waals surface area contributed by atoms with Crippen molar-refractivity contribution in [3.63, 3.8) is 0 Å². The molecule has 1 aromatic carbocycles. The predicted octanol–water partition coefficient (Wildman–Crippen LogP) is 1.98. The minimum absolute atomic E-state index is 0.0284. The lowest BCUT2D eigenvalue weighted by Crippen LogP contribution is -2.59. The molecule has 2 saturated heterocycles. The quantitative estimate of drug-likeness (QED) is 0.818. The van der Waals surface area contributed by atoms with Crippen LogP contribution in [0, 0.1) is 5.92 Å². The fourth-order valence-corrected chi connectivity index (χ4v) is 4.27. The topological polar surface area (TPSA) is 70.7 Å². The third-order valence-corrected chi connectivity index (χ3v) is 5.63. The van der Waals surface area contributed by atoms with Crippen LogP contribution in [0.3, 0.4) is 0 Å². The van der Waals surface area contributed by atoms with Crippen molar-refractivity contribution < 1.29 is 14.3 Å². The summed E-state index contributed by atoms with van der Waals surface area (Å²) >= 11 is 0. The Kier molecular flexibility index (Phi) is 3.76. The molecule has 2 N–H and O–H groups in total. The molecular weight excluding hydrogens is 318 g/mol. The number of hydrogen-bond acceptors (Lipinski definition) is 4. The second-order valence-corrected chi connectivity index (χ2v) is 7.84. The van der Waals surface area contributed by atoms with Crippen LogP contribution in [0.15, 0.2) is 24.3 Å². The van der Waals surface area contributed by atoms with E-state index < -0.39 is 5.66 Å². The van der Waals surface area contributed by atoms with E-state index >= 15 is 0 Å². The fourth-order valence-electron chi connectivity index (χ4n) is 4.27. The van der Waals surface area contributed by atoms with Crippen LogP contribution in [0.2, 0.25) is 0 Å². The Balaban J connectivity index is 1.48. The van der Waals surface area contributed by atoms with E-state index in [1.807, 2.05) is 43.0 Å². The van der Waals surface area contributed by atoms with E-state index in [-0.39, 0.29) is 23.3 Å². The highest BCUT2D eigenvalue weighted by Crippen LogP contribution is 2.42. The average Bonchev–Trinajstić information content (AvgIpc) is 2.92. The smallest absolute Gasteiger partial charge is 0.255 e. The summed E-state index contributed by atoms with van der Waals surface area (Å²) in [6.45, 7) is 5.76. The molecule has 4 rings (SSSR count). The number of hydrogen-bond donors (Lipinski definition) is 2. The van der Waals surface area contributed by atoms with Gasteiger partial charge in [-0.3, -0.25) is 9.59 Å². The van der Waals surface area contributed by atoms with Crippen LogP contribution in [-0.2, 0) is 9.53 Å². The Hall–Kier alpha value is -2.08. The van der Waals surface area contributed by atoms with E-state index in [0.717, 1.165) is 38.0 Å². The number of amides is 2. The Bertz CT molecular complexity index is 710. The SMILES string of the molecule is CC(C)C(=O)N1CCC2(CC1)CC1(CO2)NC(=O)c2ccccc2N1.